The van der Waals surface area contributed by atoms with Gasteiger partial charge in [0.25, 0.3) is 5.91 Å². The molecule has 0 radical (unpaired) electrons. The topological polar surface area (TPSA) is 59.5 Å². The van der Waals surface area contributed by atoms with Crippen LogP contribution in [0.5, 0.6) is 0 Å². The van der Waals surface area contributed by atoms with Crippen molar-refractivity contribution in [1.29, 1.82) is 0 Å². The molecule has 0 bridgehead atoms. The average molecular weight is 387 g/mol. The first-order valence-electron chi connectivity index (χ1n) is 9.63. The largest absolute Gasteiger partial charge is 0.449 e. The van der Waals surface area contributed by atoms with Crippen LogP contribution in [0.3, 0.4) is 0 Å². The van der Waals surface area contributed by atoms with Crippen LogP contribution in [0.1, 0.15) is 51.0 Å². The van der Waals surface area contributed by atoms with Gasteiger partial charge in [-0.1, -0.05) is 31.4 Å². The highest BCUT2D eigenvalue weighted by molar-refractivity contribution is 7.19. The van der Waals surface area contributed by atoms with Crippen LogP contribution in [0.4, 0.5) is 0 Å². The summed E-state index contributed by atoms with van der Waals surface area (Å²) in [7, 11) is 0. The number of ether oxygens (including phenoxy) is 1. The van der Waals surface area contributed by atoms with Crippen LogP contribution in [0.25, 0.3) is 16.3 Å². The van der Waals surface area contributed by atoms with Crippen molar-refractivity contribution in [2.45, 2.75) is 58.1 Å². The van der Waals surface area contributed by atoms with Gasteiger partial charge in [-0.05, 0) is 44.9 Å². The third-order valence-electron chi connectivity index (χ3n) is 4.95. The minimum absolute atomic E-state index is 0.105. The number of aromatic nitrogens is 1. The van der Waals surface area contributed by atoms with Crippen LogP contribution in [0.2, 0.25) is 0 Å². The van der Waals surface area contributed by atoms with Crippen molar-refractivity contribution in [3.05, 3.63) is 35.3 Å². The van der Waals surface area contributed by atoms with Gasteiger partial charge in [0.2, 0.25) is 0 Å². The number of esters is 1. The number of amides is 1. The molecule has 1 fully saturated rings. The summed E-state index contributed by atoms with van der Waals surface area (Å²) >= 11 is 1.51. The first kappa shape index (κ1) is 19.5. The Morgan fingerprint density at radius 3 is 2.74 bits per heavy atom. The summed E-state index contributed by atoms with van der Waals surface area (Å²) in [5.41, 5.74) is 0.908. The molecule has 1 aromatic carbocycles. The van der Waals surface area contributed by atoms with Gasteiger partial charge < -0.3 is 9.64 Å². The molecule has 27 heavy (non-hydrogen) atoms. The van der Waals surface area contributed by atoms with Gasteiger partial charge in [-0.15, -0.1) is 11.3 Å². The third kappa shape index (κ3) is 4.95. The van der Waals surface area contributed by atoms with E-state index in [1.807, 2.05) is 36.1 Å². The van der Waals surface area contributed by atoms with Crippen LogP contribution in [0.15, 0.2) is 30.3 Å². The van der Waals surface area contributed by atoms with Crippen molar-refractivity contribution in [3.8, 4) is 0 Å². The highest BCUT2D eigenvalue weighted by atomic mass is 32.1. The molecular weight excluding hydrogens is 360 g/mol. The molecule has 1 saturated carbocycles. The zero-order valence-electron chi connectivity index (χ0n) is 15.9. The van der Waals surface area contributed by atoms with Gasteiger partial charge in [-0.25, -0.2) is 9.78 Å². The van der Waals surface area contributed by atoms with Gasteiger partial charge >= 0.3 is 5.97 Å². The van der Waals surface area contributed by atoms with Crippen molar-refractivity contribution in [2.75, 3.05) is 6.54 Å². The van der Waals surface area contributed by atoms with Crippen LogP contribution in [-0.2, 0) is 14.3 Å². The number of likely N-dealkylation sites (N-methyl/N-ethyl adjacent to an activating group) is 1. The van der Waals surface area contributed by atoms with Crippen LogP contribution in [-0.4, -0.2) is 40.5 Å². The predicted molar refractivity (Wildman–Crippen MR) is 108 cm³/mol. The van der Waals surface area contributed by atoms with Crippen molar-refractivity contribution in [1.82, 2.24) is 9.88 Å². The third-order valence-corrected chi connectivity index (χ3v) is 5.95. The van der Waals surface area contributed by atoms with Crippen LogP contribution in [0, 0.1) is 0 Å². The summed E-state index contributed by atoms with van der Waals surface area (Å²) < 4.78 is 6.41. The second kappa shape index (κ2) is 9.13. The summed E-state index contributed by atoms with van der Waals surface area (Å²) in [5, 5.41) is 0.740. The molecule has 0 aliphatic heterocycles. The minimum atomic E-state index is -0.778. The first-order chi connectivity index (χ1) is 13.1. The smallest absolute Gasteiger partial charge is 0.331 e. The molecule has 1 aromatic heterocycles. The maximum atomic E-state index is 12.7. The van der Waals surface area contributed by atoms with E-state index < -0.39 is 12.1 Å². The Kier molecular flexibility index (Phi) is 6.61. The Bertz CT molecular complexity index is 791. The predicted octanol–water partition coefficient (Wildman–Crippen LogP) is 4.42. The van der Waals surface area contributed by atoms with Crippen LogP contribution >= 0.6 is 11.3 Å². The fraction of sp³-hybridized carbons (Fsp3) is 0.476. The Hall–Kier alpha value is -2.21. The Balaban J connectivity index is 1.57. The number of hydrogen-bond acceptors (Lipinski definition) is 5. The van der Waals surface area contributed by atoms with Crippen LogP contribution < -0.4 is 0 Å². The van der Waals surface area contributed by atoms with Gasteiger partial charge in [0.15, 0.2) is 6.10 Å². The number of carbonyl (C=O) groups excluding carboxylic acids is 2. The molecule has 1 amide bonds. The van der Waals surface area contributed by atoms with E-state index in [2.05, 4.69) is 4.98 Å². The molecule has 0 saturated heterocycles. The first-order valence-corrected chi connectivity index (χ1v) is 10.4. The molecule has 5 nitrogen and oxygen atoms in total. The minimum Gasteiger partial charge on any atom is -0.449 e. The number of carbonyl (C=O) groups is 2. The number of benzene rings is 1. The zero-order chi connectivity index (χ0) is 19.2. The summed E-state index contributed by atoms with van der Waals surface area (Å²) in [6, 6.07) is 8.10. The molecule has 1 aliphatic carbocycles. The number of para-hydroxylation sites is 1. The zero-order valence-corrected chi connectivity index (χ0v) is 16.7. The molecule has 3 rings (SSSR count). The second-order valence-corrected chi connectivity index (χ2v) is 7.91. The number of hydrogen-bond donors (Lipinski definition) is 0. The summed E-state index contributed by atoms with van der Waals surface area (Å²) in [5.74, 6) is -0.624. The lowest BCUT2D eigenvalue weighted by Crippen LogP contribution is -2.46. The molecular formula is C21H26N2O3S. The van der Waals surface area contributed by atoms with E-state index in [9.17, 15) is 9.59 Å². The second-order valence-electron chi connectivity index (χ2n) is 6.85. The number of rotatable bonds is 6. The van der Waals surface area contributed by atoms with Gasteiger partial charge in [0, 0.05) is 18.7 Å². The highest BCUT2D eigenvalue weighted by Crippen LogP contribution is 2.24. The molecule has 144 valence electrons. The Morgan fingerprint density at radius 2 is 2.04 bits per heavy atom. The van der Waals surface area contributed by atoms with Crippen molar-refractivity contribution >= 4 is 39.5 Å². The summed E-state index contributed by atoms with van der Waals surface area (Å²) in [4.78, 5) is 31.2. The van der Waals surface area contributed by atoms with Crippen molar-refractivity contribution in [3.63, 3.8) is 0 Å². The Morgan fingerprint density at radius 1 is 1.30 bits per heavy atom. The van der Waals surface area contributed by atoms with E-state index >= 15 is 0 Å². The molecule has 1 atom stereocenters. The SMILES string of the molecule is CCN(C(=O)[C@H](C)OC(=O)/C=C/c1nc2ccccc2s1)C1CCCCC1. The number of thiazole rings is 1. The van der Waals surface area contributed by atoms with E-state index in [0.717, 1.165) is 40.9 Å². The van der Waals surface area contributed by atoms with E-state index in [-0.39, 0.29) is 11.9 Å². The van der Waals surface area contributed by atoms with E-state index in [1.54, 1.807) is 13.0 Å². The molecule has 0 spiro atoms. The molecule has 0 unspecified atom stereocenters. The van der Waals surface area contributed by atoms with E-state index in [1.165, 1.54) is 23.8 Å². The standard InChI is InChI=1S/C21H26N2O3S/c1-3-23(16-9-5-4-6-10-16)21(25)15(2)26-20(24)14-13-19-22-17-11-7-8-12-18(17)27-19/h7-8,11-16H,3-6,9-10H2,1-2H3/b14-13+/t15-/m0/s1. The molecule has 1 heterocycles. The summed E-state index contributed by atoms with van der Waals surface area (Å²) in [6.45, 7) is 4.28. The van der Waals surface area contributed by atoms with Crippen molar-refractivity contribution in [2.24, 2.45) is 0 Å². The number of fused-ring (bicyclic) bond motifs is 1. The molecule has 2 aromatic rings. The maximum absolute atomic E-state index is 12.7. The lowest BCUT2D eigenvalue weighted by molar-refractivity contribution is -0.156. The molecule has 6 heteroatoms. The normalized spacial score (nSPS) is 16.5. The fourth-order valence-electron chi connectivity index (χ4n) is 3.58. The molecule has 0 N–H and O–H groups in total. The molecule has 1 aliphatic rings. The van der Waals surface area contributed by atoms with Crippen molar-refractivity contribution < 1.29 is 14.3 Å². The van der Waals surface area contributed by atoms with Gasteiger partial charge in [-0.3, -0.25) is 4.79 Å². The Labute approximate surface area is 164 Å². The van der Waals surface area contributed by atoms with E-state index in [0.29, 0.717) is 6.54 Å². The lowest BCUT2D eigenvalue weighted by Gasteiger charge is -2.34. The van der Waals surface area contributed by atoms with Gasteiger partial charge in [0.05, 0.1) is 10.2 Å². The maximum Gasteiger partial charge on any atom is 0.331 e. The fourth-order valence-corrected chi connectivity index (χ4v) is 4.46. The monoisotopic (exact) mass is 386 g/mol. The average Bonchev–Trinajstić information content (AvgIpc) is 3.10. The van der Waals surface area contributed by atoms with Gasteiger partial charge in [0.1, 0.15) is 5.01 Å². The highest BCUT2D eigenvalue weighted by Gasteiger charge is 2.28. The lowest BCUT2D eigenvalue weighted by atomic mass is 9.94. The summed E-state index contributed by atoms with van der Waals surface area (Å²) in [6.07, 6.45) is 7.85. The van der Waals surface area contributed by atoms with Gasteiger partial charge in [-0.2, -0.15) is 0 Å². The quantitative estimate of drug-likeness (QED) is 0.545. The number of nitrogens with zero attached hydrogens (tertiary/aromatic N) is 2. The van der Waals surface area contributed by atoms with E-state index in [4.69, 9.17) is 4.74 Å².